The molecule has 2 nitrogen and oxygen atoms in total. The highest BCUT2D eigenvalue weighted by Crippen LogP contribution is 2.32. The topological polar surface area (TPSA) is 15.3 Å². The molecule has 0 amide bonds. The summed E-state index contributed by atoms with van der Waals surface area (Å²) in [6, 6.07) is 7.83. The smallest absolute Gasteiger partial charge is 0.0396 e. The maximum atomic E-state index is 3.60. The van der Waals surface area contributed by atoms with Crippen LogP contribution < -0.4 is 10.2 Å². The lowest BCUT2D eigenvalue weighted by molar-refractivity contribution is 0.685. The van der Waals surface area contributed by atoms with Crippen LogP contribution in [0.4, 0.5) is 5.69 Å². The molecule has 1 N–H and O–H groups in total. The van der Waals surface area contributed by atoms with Crippen LogP contribution in [0.25, 0.3) is 0 Å². The molecule has 110 valence electrons. The van der Waals surface area contributed by atoms with Crippen molar-refractivity contribution in [3.8, 4) is 0 Å². The zero-order chi connectivity index (χ0) is 13.9. The average Bonchev–Trinajstić information content (AvgIpc) is 3.31. The molecule has 0 bridgehead atoms. The lowest BCUT2D eigenvalue weighted by Crippen LogP contribution is -2.27. The van der Waals surface area contributed by atoms with E-state index in [4.69, 9.17) is 0 Å². The zero-order valence-corrected chi connectivity index (χ0v) is 13.0. The minimum absolute atomic E-state index is 0.793. The fourth-order valence-corrected chi connectivity index (χ4v) is 2.92. The molecule has 0 unspecified atom stereocenters. The molecule has 0 aromatic heterocycles. The van der Waals surface area contributed by atoms with Gasteiger partial charge in [-0.1, -0.05) is 19.1 Å². The second-order valence-electron chi connectivity index (χ2n) is 6.67. The van der Waals surface area contributed by atoms with Gasteiger partial charge in [0.05, 0.1) is 0 Å². The minimum Gasteiger partial charge on any atom is -0.371 e. The molecular weight excluding hydrogens is 244 g/mol. The molecule has 0 saturated heterocycles. The van der Waals surface area contributed by atoms with Crippen LogP contribution in [0.3, 0.4) is 0 Å². The third kappa shape index (κ3) is 3.76. The van der Waals surface area contributed by atoms with E-state index in [0.29, 0.717) is 0 Å². The maximum absolute atomic E-state index is 3.60. The van der Waals surface area contributed by atoms with Crippen molar-refractivity contribution in [2.45, 2.75) is 58.5 Å². The summed E-state index contributed by atoms with van der Waals surface area (Å²) in [6.07, 6.45) is 6.83. The number of nitrogens with one attached hydrogen (secondary N) is 1. The highest BCUT2D eigenvalue weighted by molar-refractivity contribution is 5.54. The molecule has 0 radical (unpaired) electrons. The van der Waals surface area contributed by atoms with Crippen LogP contribution in [0.15, 0.2) is 18.2 Å². The number of anilines is 1. The van der Waals surface area contributed by atoms with Gasteiger partial charge in [0.2, 0.25) is 0 Å². The summed E-state index contributed by atoms with van der Waals surface area (Å²) >= 11 is 0. The SMILES string of the molecule is CCCN(CC1CC1)c1ccc(CNC2CC2)cc1C. The summed E-state index contributed by atoms with van der Waals surface area (Å²) in [6.45, 7) is 8.03. The van der Waals surface area contributed by atoms with Crippen LogP contribution in [-0.2, 0) is 6.54 Å². The van der Waals surface area contributed by atoms with Crippen LogP contribution >= 0.6 is 0 Å². The van der Waals surface area contributed by atoms with Crippen LogP contribution in [0.5, 0.6) is 0 Å². The van der Waals surface area contributed by atoms with Gasteiger partial charge in [-0.25, -0.2) is 0 Å². The fourth-order valence-electron chi connectivity index (χ4n) is 2.92. The third-order valence-corrected chi connectivity index (χ3v) is 4.44. The first-order valence-electron chi connectivity index (χ1n) is 8.34. The van der Waals surface area contributed by atoms with Gasteiger partial charge in [-0.3, -0.25) is 0 Å². The van der Waals surface area contributed by atoms with Crippen LogP contribution in [0.1, 0.15) is 50.2 Å². The van der Waals surface area contributed by atoms with E-state index in [1.165, 1.54) is 62.0 Å². The molecule has 0 aliphatic heterocycles. The predicted octanol–water partition coefficient (Wildman–Crippen LogP) is 3.87. The number of hydrogen-bond donors (Lipinski definition) is 1. The van der Waals surface area contributed by atoms with E-state index in [9.17, 15) is 0 Å². The van der Waals surface area contributed by atoms with Gasteiger partial charge >= 0.3 is 0 Å². The molecule has 2 saturated carbocycles. The van der Waals surface area contributed by atoms with Crippen molar-refractivity contribution >= 4 is 5.69 Å². The van der Waals surface area contributed by atoms with E-state index in [-0.39, 0.29) is 0 Å². The summed E-state index contributed by atoms with van der Waals surface area (Å²) in [7, 11) is 0. The summed E-state index contributed by atoms with van der Waals surface area (Å²) in [5.74, 6) is 0.956. The molecule has 2 aliphatic rings. The van der Waals surface area contributed by atoms with Gasteiger partial charge in [-0.15, -0.1) is 0 Å². The quantitative estimate of drug-likeness (QED) is 0.772. The Bertz CT molecular complexity index is 447. The molecule has 2 aliphatic carbocycles. The number of rotatable bonds is 8. The Morgan fingerprint density at radius 1 is 1.20 bits per heavy atom. The summed E-state index contributed by atoms with van der Waals surface area (Å²) in [5, 5.41) is 3.60. The Morgan fingerprint density at radius 3 is 2.60 bits per heavy atom. The Balaban J connectivity index is 1.66. The Kier molecular flexibility index (Phi) is 4.30. The van der Waals surface area contributed by atoms with Gasteiger partial charge in [-0.2, -0.15) is 0 Å². The molecule has 0 atom stereocenters. The monoisotopic (exact) mass is 272 g/mol. The molecular formula is C18H28N2. The Hall–Kier alpha value is -1.02. The zero-order valence-electron chi connectivity index (χ0n) is 13.0. The van der Waals surface area contributed by atoms with Crippen molar-refractivity contribution in [3.05, 3.63) is 29.3 Å². The molecule has 1 aromatic rings. The van der Waals surface area contributed by atoms with Gasteiger partial charge < -0.3 is 10.2 Å². The van der Waals surface area contributed by atoms with E-state index in [1.54, 1.807) is 0 Å². The van der Waals surface area contributed by atoms with Gasteiger partial charge in [0.25, 0.3) is 0 Å². The van der Waals surface area contributed by atoms with Gasteiger partial charge in [-0.05, 0) is 62.1 Å². The molecule has 0 heterocycles. The van der Waals surface area contributed by atoms with Gasteiger partial charge in [0.1, 0.15) is 0 Å². The molecule has 0 spiro atoms. The van der Waals surface area contributed by atoms with Crippen molar-refractivity contribution < 1.29 is 0 Å². The number of aryl methyl sites for hydroxylation is 1. The summed E-state index contributed by atoms with van der Waals surface area (Å²) in [5.41, 5.74) is 4.32. The van der Waals surface area contributed by atoms with Crippen LogP contribution in [-0.4, -0.2) is 19.1 Å². The molecule has 3 rings (SSSR count). The first-order valence-corrected chi connectivity index (χ1v) is 8.34. The van der Waals surface area contributed by atoms with Crippen molar-refractivity contribution in [1.29, 1.82) is 0 Å². The maximum Gasteiger partial charge on any atom is 0.0396 e. The fraction of sp³-hybridized carbons (Fsp3) is 0.667. The first-order chi connectivity index (χ1) is 9.76. The minimum atomic E-state index is 0.793. The number of nitrogens with zero attached hydrogens (tertiary/aromatic N) is 1. The molecule has 2 fully saturated rings. The highest BCUT2D eigenvalue weighted by atomic mass is 15.1. The van der Waals surface area contributed by atoms with E-state index in [1.807, 2.05) is 0 Å². The molecule has 20 heavy (non-hydrogen) atoms. The number of hydrogen-bond acceptors (Lipinski definition) is 2. The number of benzene rings is 1. The van der Waals surface area contributed by atoms with E-state index < -0.39 is 0 Å². The van der Waals surface area contributed by atoms with Crippen molar-refractivity contribution in [1.82, 2.24) is 5.32 Å². The third-order valence-electron chi connectivity index (χ3n) is 4.44. The lowest BCUT2D eigenvalue weighted by Gasteiger charge is -2.26. The van der Waals surface area contributed by atoms with E-state index in [0.717, 1.165) is 18.5 Å². The second kappa shape index (κ2) is 6.17. The van der Waals surface area contributed by atoms with E-state index in [2.05, 4.69) is 42.3 Å². The Morgan fingerprint density at radius 2 is 2.00 bits per heavy atom. The molecule has 2 heteroatoms. The first kappa shape index (κ1) is 13.9. The normalized spacial score (nSPS) is 18.3. The standard InChI is InChI=1S/C18H28N2/c1-3-10-20(13-15-4-5-15)18-9-6-16(11-14(18)2)12-19-17-7-8-17/h6,9,11,15,17,19H,3-5,7-8,10,12-13H2,1-2H3. The van der Waals surface area contributed by atoms with Crippen molar-refractivity contribution in [2.75, 3.05) is 18.0 Å². The Labute approximate surface area is 123 Å². The van der Waals surface area contributed by atoms with Crippen LogP contribution in [0, 0.1) is 12.8 Å². The average molecular weight is 272 g/mol. The highest BCUT2D eigenvalue weighted by Gasteiger charge is 2.25. The lowest BCUT2D eigenvalue weighted by atomic mass is 10.1. The van der Waals surface area contributed by atoms with Gasteiger partial charge in [0, 0.05) is 31.4 Å². The summed E-state index contributed by atoms with van der Waals surface area (Å²) in [4.78, 5) is 2.60. The van der Waals surface area contributed by atoms with Gasteiger partial charge in [0.15, 0.2) is 0 Å². The van der Waals surface area contributed by atoms with Crippen molar-refractivity contribution in [3.63, 3.8) is 0 Å². The second-order valence-corrected chi connectivity index (χ2v) is 6.67. The largest absolute Gasteiger partial charge is 0.371 e. The predicted molar refractivity (Wildman–Crippen MR) is 86.3 cm³/mol. The van der Waals surface area contributed by atoms with Crippen molar-refractivity contribution in [2.24, 2.45) is 5.92 Å². The summed E-state index contributed by atoms with van der Waals surface area (Å²) < 4.78 is 0. The van der Waals surface area contributed by atoms with Crippen LogP contribution in [0.2, 0.25) is 0 Å². The van der Waals surface area contributed by atoms with E-state index >= 15 is 0 Å². The molecule has 1 aromatic carbocycles.